The van der Waals surface area contributed by atoms with Crippen molar-refractivity contribution in [2.24, 2.45) is 7.05 Å². The van der Waals surface area contributed by atoms with Gasteiger partial charge in [-0.25, -0.2) is 4.57 Å². The van der Waals surface area contributed by atoms with Crippen molar-refractivity contribution in [1.82, 2.24) is 0 Å². The first-order chi connectivity index (χ1) is 5.38. The van der Waals surface area contributed by atoms with Crippen molar-refractivity contribution < 1.29 is 4.57 Å². The number of benzene rings is 1. The highest BCUT2D eigenvalue weighted by Crippen LogP contribution is 2.06. The predicted molar refractivity (Wildman–Crippen MR) is 60.5 cm³/mol. The Kier molecular flexibility index (Phi) is 3.03. The van der Waals surface area contributed by atoms with Crippen molar-refractivity contribution in [2.75, 3.05) is 0 Å². The zero-order valence-corrected chi connectivity index (χ0v) is 9.23. The van der Waals surface area contributed by atoms with Gasteiger partial charge in [0.05, 0.1) is 0 Å². The van der Waals surface area contributed by atoms with Crippen molar-refractivity contribution >= 4 is 34.9 Å². The first-order valence-corrected chi connectivity index (χ1v) is 3.71. The number of pyridine rings is 1. The molecule has 0 saturated heterocycles. The van der Waals surface area contributed by atoms with Crippen LogP contribution >= 0.6 is 24.0 Å². The van der Waals surface area contributed by atoms with E-state index in [9.17, 15) is 0 Å². The van der Waals surface area contributed by atoms with E-state index in [1.165, 1.54) is 10.9 Å². The normalized spacial score (nSPS) is 9.42. The molecule has 0 saturated carbocycles. The summed E-state index contributed by atoms with van der Waals surface area (Å²) in [7, 11) is 2.06. The Bertz CT molecular complexity index is 379. The lowest BCUT2D eigenvalue weighted by Gasteiger charge is -1.93. The van der Waals surface area contributed by atoms with Crippen LogP contribution in [-0.2, 0) is 7.05 Å². The monoisotopic (exact) mass is 272 g/mol. The molecule has 0 fully saturated rings. The molecule has 0 aliphatic carbocycles. The quantitative estimate of drug-likeness (QED) is 0.511. The van der Waals surface area contributed by atoms with Crippen LogP contribution in [0.25, 0.3) is 10.9 Å². The number of aryl methyl sites for hydroxylation is 1. The Hall–Kier alpha value is -0.640. The molecule has 0 aliphatic rings. The Labute approximate surface area is 89.1 Å². The standard InChI is InChI=1S/C10H10N.HI/c1-11-8-4-6-9-5-2-3-7-10(9)11;/h2-8H,1H3;1H/q+1;. The average Bonchev–Trinajstić information content (AvgIpc) is 2.06. The lowest BCUT2D eigenvalue weighted by atomic mass is 10.2. The van der Waals surface area contributed by atoms with Gasteiger partial charge in [-0.15, -0.1) is 24.0 Å². The summed E-state index contributed by atoms with van der Waals surface area (Å²) in [6.07, 6.45) is 2.06. The lowest BCUT2D eigenvalue weighted by Crippen LogP contribution is -2.27. The minimum absolute atomic E-state index is 0. The average molecular weight is 272 g/mol. The second-order valence-electron chi connectivity index (χ2n) is 2.68. The van der Waals surface area contributed by atoms with Crippen LogP contribution in [-0.4, -0.2) is 0 Å². The lowest BCUT2D eigenvalue weighted by molar-refractivity contribution is -0.644. The molecule has 0 spiro atoms. The number of nitrogens with zero attached hydrogens (tertiary/aromatic N) is 1. The Morgan fingerprint density at radius 1 is 1.00 bits per heavy atom. The molecule has 1 aromatic carbocycles. The van der Waals surface area contributed by atoms with Gasteiger partial charge < -0.3 is 0 Å². The molecule has 0 unspecified atom stereocenters. The second kappa shape index (κ2) is 3.85. The van der Waals surface area contributed by atoms with Gasteiger partial charge >= 0.3 is 0 Å². The van der Waals surface area contributed by atoms with Crippen LogP contribution in [0.15, 0.2) is 42.6 Å². The van der Waals surface area contributed by atoms with Gasteiger partial charge in [0.2, 0.25) is 5.52 Å². The molecular weight excluding hydrogens is 261 g/mol. The van der Waals surface area contributed by atoms with E-state index in [0.717, 1.165) is 0 Å². The zero-order valence-electron chi connectivity index (χ0n) is 6.90. The van der Waals surface area contributed by atoms with Crippen molar-refractivity contribution in [3.63, 3.8) is 0 Å². The van der Waals surface area contributed by atoms with Crippen LogP contribution in [0.2, 0.25) is 0 Å². The summed E-state index contributed by atoms with van der Waals surface area (Å²) in [5.41, 5.74) is 1.27. The zero-order chi connectivity index (χ0) is 7.68. The van der Waals surface area contributed by atoms with E-state index in [1.54, 1.807) is 0 Å². The smallest absolute Gasteiger partial charge is 0.201 e. The number of para-hydroxylation sites is 1. The summed E-state index contributed by atoms with van der Waals surface area (Å²) in [5.74, 6) is 0. The van der Waals surface area contributed by atoms with Gasteiger partial charge in [0.25, 0.3) is 0 Å². The van der Waals surface area contributed by atoms with Crippen LogP contribution < -0.4 is 4.57 Å². The minimum atomic E-state index is 0. The van der Waals surface area contributed by atoms with Gasteiger partial charge in [0, 0.05) is 17.5 Å². The number of hydrogen-bond acceptors (Lipinski definition) is 0. The SMILES string of the molecule is C[n+]1cccc2ccccc21.I. The molecule has 2 rings (SSSR count). The van der Waals surface area contributed by atoms with Crippen LogP contribution in [0, 0.1) is 0 Å². The third-order valence-electron chi connectivity index (χ3n) is 1.90. The molecule has 0 amide bonds. The molecule has 12 heavy (non-hydrogen) atoms. The summed E-state index contributed by atoms with van der Waals surface area (Å²) >= 11 is 0. The van der Waals surface area contributed by atoms with Gasteiger partial charge in [0.15, 0.2) is 6.20 Å². The molecule has 0 radical (unpaired) electrons. The van der Waals surface area contributed by atoms with Gasteiger partial charge in [-0.05, 0) is 12.1 Å². The van der Waals surface area contributed by atoms with Crippen molar-refractivity contribution in [3.8, 4) is 0 Å². The van der Waals surface area contributed by atoms with Crippen molar-refractivity contribution in [2.45, 2.75) is 0 Å². The van der Waals surface area contributed by atoms with Gasteiger partial charge in [-0.3, -0.25) is 0 Å². The maximum Gasteiger partial charge on any atom is 0.212 e. The molecule has 62 valence electrons. The molecule has 0 atom stereocenters. The molecule has 1 nitrogen and oxygen atoms in total. The highest BCUT2D eigenvalue weighted by molar-refractivity contribution is 14.0. The third-order valence-corrected chi connectivity index (χ3v) is 1.90. The van der Waals surface area contributed by atoms with Crippen molar-refractivity contribution in [1.29, 1.82) is 0 Å². The second-order valence-corrected chi connectivity index (χ2v) is 2.68. The molecular formula is C10H11IN+. The number of halogens is 1. The number of fused-ring (bicyclic) bond motifs is 1. The first kappa shape index (κ1) is 9.45. The fourth-order valence-electron chi connectivity index (χ4n) is 1.31. The summed E-state index contributed by atoms with van der Waals surface area (Å²) < 4.78 is 2.12. The largest absolute Gasteiger partial charge is 0.212 e. The minimum Gasteiger partial charge on any atom is -0.201 e. The van der Waals surface area contributed by atoms with E-state index in [1.807, 2.05) is 0 Å². The van der Waals surface area contributed by atoms with Crippen LogP contribution in [0.5, 0.6) is 0 Å². The van der Waals surface area contributed by atoms with E-state index >= 15 is 0 Å². The summed E-state index contributed by atoms with van der Waals surface area (Å²) in [6, 6.07) is 12.5. The molecule has 0 N–H and O–H groups in total. The van der Waals surface area contributed by atoms with E-state index in [2.05, 4.69) is 54.2 Å². The molecule has 2 aromatic rings. The maximum atomic E-state index is 2.12. The van der Waals surface area contributed by atoms with Crippen molar-refractivity contribution in [3.05, 3.63) is 42.6 Å². The van der Waals surface area contributed by atoms with Gasteiger partial charge in [-0.2, -0.15) is 0 Å². The maximum absolute atomic E-state index is 2.12. The number of aromatic nitrogens is 1. The first-order valence-electron chi connectivity index (χ1n) is 3.71. The van der Waals surface area contributed by atoms with E-state index in [4.69, 9.17) is 0 Å². The Morgan fingerprint density at radius 2 is 1.67 bits per heavy atom. The molecule has 0 aliphatic heterocycles. The Morgan fingerprint density at radius 3 is 2.42 bits per heavy atom. The van der Waals surface area contributed by atoms with Gasteiger partial charge in [0.1, 0.15) is 7.05 Å². The fraction of sp³-hybridized carbons (Fsp3) is 0.100. The van der Waals surface area contributed by atoms with E-state index in [0.29, 0.717) is 0 Å². The molecule has 1 heterocycles. The van der Waals surface area contributed by atoms with E-state index < -0.39 is 0 Å². The number of hydrogen-bond donors (Lipinski definition) is 0. The molecule has 0 bridgehead atoms. The fourth-order valence-corrected chi connectivity index (χ4v) is 1.31. The van der Waals surface area contributed by atoms with E-state index in [-0.39, 0.29) is 24.0 Å². The Balaban J connectivity index is 0.000000720. The summed E-state index contributed by atoms with van der Waals surface area (Å²) in [5, 5.41) is 1.29. The van der Waals surface area contributed by atoms with Crippen LogP contribution in [0.4, 0.5) is 0 Å². The van der Waals surface area contributed by atoms with Crippen LogP contribution in [0.1, 0.15) is 0 Å². The molecule has 2 heteroatoms. The number of rotatable bonds is 0. The summed E-state index contributed by atoms with van der Waals surface area (Å²) in [6.45, 7) is 0. The third kappa shape index (κ3) is 1.58. The molecule has 1 aromatic heterocycles. The highest BCUT2D eigenvalue weighted by Gasteiger charge is 1.99. The van der Waals surface area contributed by atoms with Gasteiger partial charge in [-0.1, -0.05) is 12.1 Å². The predicted octanol–water partition coefficient (Wildman–Crippen LogP) is 2.28. The summed E-state index contributed by atoms with van der Waals surface area (Å²) in [4.78, 5) is 0. The topological polar surface area (TPSA) is 3.88 Å². The highest BCUT2D eigenvalue weighted by atomic mass is 127. The van der Waals surface area contributed by atoms with Crippen LogP contribution in [0.3, 0.4) is 0 Å².